The van der Waals surface area contributed by atoms with Gasteiger partial charge in [0.05, 0.1) is 18.2 Å². The molecule has 7 nitrogen and oxygen atoms in total. The molecule has 2 spiro atoms. The van der Waals surface area contributed by atoms with Crippen molar-refractivity contribution in [2.45, 2.75) is 103 Å². The Morgan fingerprint density at radius 3 is 2.25 bits per heavy atom. The summed E-state index contributed by atoms with van der Waals surface area (Å²) in [5.74, 6) is -0.326. The highest BCUT2D eigenvalue weighted by atomic mass is 19.4. The fraction of sp³-hybridized carbons (Fsp3) is 0.561. The van der Waals surface area contributed by atoms with Gasteiger partial charge in [-0.2, -0.15) is 0 Å². The van der Waals surface area contributed by atoms with E-state index in [9.17, 15) is 33.0 Å². The van der Waals surface area contributed by atoms with Crippen molar-refractivity contribution >= 4 is 11.8 Å². The Morgan fingerprint density at radius 2 is 1.59 bits per heavy atom. The van der Waals surface area contributed by atoms with Gasteiger partial charge in [0, 0.05) is 40.0 Å². The van der Waals surface area contributed by atoms with Crippen LogP contribution in [0.3, 0.4) is 0 Å². The Bertz CT molecular complexity index is 1740. The summed E-state index contributed by atoms with van der Waals surface area (Å²) in [4.78, 5) is 30.0. The topological polar surface area (TPSA) is 99.1 Å². The van der Waals surface area contributed by atoms with Gasteiger partial charge >= 0.3 is 12.4 Å². The van der Waals surface area contributed by atoms with Crippen LogP contribution in [-0.2, 0) is 6.54 Å². The smallest absolute Gasteiger partial charge is 0.406 e. The molecule has 0 aromatic heterocycles. The van der Waals surface area contributed by atoms with Crippen LogP contribution in [0.1, 0.15) is 88.6 Å². The van der Waals surface area contributed by atoms with Gasteiger partial charge in [0.1, 0.15) is 5.75 Å². The van der Waals surface area contributed by atoms with Crippen molar-refractivity contribution in [1.82, 2.24) is 10.2 Å². The minimum absolute atomic E-state index is 0.0120. The number of aliphatic hydroxyl groups excluding tert-OH is 1. The number of aliphatic hydroxyl groups is 2. The quantitative estimate of drug-likeness (QED) is 0.191. The number of nitrogens with zero attached hydrogens (tertiary/aromatic N) is 1. The molecule has 8 atom stereocenters. The fourth-order valence-electron chi connectivity index (χ4n) is 11.2. The second-order valence-corrected chi connectivity index (χ2v) is 16.7. The number of fused-ring (bicyclic) bond motifs is 1. The SMILES string of the molecule is CC(C)NC(=O)N(Cc1ccc(OC(F)(F)F)cc1)CC1(O)CCC2C34C=CC5(C=C3C(=O)c3ccccc3)CC(O)CCC5(C)C4CCC21C. The van der Waals surface area contributed by atoms with E-state index in [-0.39, 0.29) is 53.9 Å². The molecule has 3 saturated carbocycles. The van der Waals surface area contributed by atoms with Gasteiger partial charge in [0.15, 0.2) is 5.78 Å². The minimum atomic E-state index is -4.81. The first-order valence-corrected chi connectivity index (χ1v) is 18.3. The number of hydrogen-bond acceptors (Lipinski definition) is 5. The van der Waals surface area contributed by atoms with Gasteiger partial charge in [-0.3, -0.25) is 4.79 Å². The summed E-state index contributed by atoms with van der Waals surface area (Å²) in [7, 11) is 0. The lowest BCUT2D eigenvalue weighted by atomic mass is 9.32. The Balaban J connectivity index is 1.26. The Labute approximate surface area is 297 Å². The first-order chi connectivity index (χ1) is 24.0. The summed E-state index contributed by atoms with van der Waals surface area (Å²) < 4.78 is 42.5. The zero-order chi connectivity index (χ0) is 36.6. The predicted octanol–water partition coefficient (Wildman–Crippen LogP) is 7.98. The molecule has 0 radical (unpaired) electrons. The summed E-state index contributed by atoms with van der Waals surface area (Å²) in [6, 6.07) is 14.3. The van der Waals surface area contributed by atoms with Gasteiger partial charge in [0.25, 0.3) is 0 Å². The standard InChI is InChI=1S/C41H49F3N2O5/c1-26(2)45-35(49)46(24-27-10-12-30(13-11-27)51-41(42,43)44)25-39(50)19-16-33-37(39,4)18-15-32-36(3)17-14-29(47)22-38(36)20-21-40(32,33)31(23-38)34(48)28-8-6-5-7-9-28/h5-13,20-21,23,26,29,32-33,47,50H,14-19,22,24-25H2,1-4H3,(H,45,49). The average Bonchev–Trinajstić information content (AvgIpc) is 3.34. The first kappa shape index (κ1) is 35.8. The lowest BCUT2D eigenvalue weighted by molar-refractivity contribution is -0.274. The molecule has 10 heteroatoms. The van der Waals surface area contributed by atoms with Crippen molar-refractivity contribution in [3.8, 4) is 5.75 Å². The van der Waals surface area contributed by atoms with Crippen LogP contribution in [0.2, 0.25) is 0 Å². The van der Waals surface area contributed by atoms with E-state index >= 15 is 0 Å². The van der Waals surface area contributed by atoms with Crippen LogP contribution in [0.5, 0.6) is 5.75 Å². The van der Waals surface area contributed by atoms with Gasteiger partial charge in [-0.05, 0) is 93.7 Å². The van der Waals surface area contributed by atoms with Gasteiger partial charge in [-0.1, -0.05) is 74.5 Å². The number of alkyl halides is 3. The monoisotopic (exact) mass is 706 g/mol. The number of allylic oxidation sites excluding steroid dienone is 4. The maximum absolute atomic E-state index is 14.7. The zero-order valence-electron chi connectivity index (χ0n) is 29.8. The molecule has 8 rings (SSSR count). The fourth-order valence-corrected chi connectivity index (χ4v) is 11.2. The molecule has 6 aliphatic rings. The van der Waals surface area contributed by atoms with Crippen LogP contribution in [-0.4, -0.2) is 57.6 Å². The van der Waals surface area contributed by atoms with E-state index in [1.54, 1.807) is 4.90 Å². The molecule has 51 heavy (non-hydrogen) atoms. The molecule has 0 heterocycles. The summed E-state index contributed by atoms with van der Waals surface area (Å²) in [5.41, 5.74) is -1.25. The lowest BCUT2D eigenvalue weighted by Gasteiger charge is -2.71. The molecule has 3 N–H and O–H groups in total. The van der Waals surface area contributed by atoms with E-state index in [1.807, 2.05) is 44.2 Å². The number of urea groups is 1. The highest BCUT2D eigenvalue weighted by Gasteiger charge is 2.74. The van der Waals surface area contributed by atoms with E-state index < -0.39 is 34.3 Å². The number of rotatable bonds is 8. The number of nitrogens with one attached hydrogen (secondary N) is 1. The largest absolute Gasteiger partial charge is 0.573 e. The van der Waals surface area contributed by atoms with E-state index in [0.29, 0.717) is 43.2 Å². The molecule has 2 aromatic carbocycles. The molecular weight excluding hydrogens is 657 g/mol. The number of halogens is 3. The molecule has 274 valence electrons. The number of Topliss-reactive ketones (excluding diaryl/α,β-unsaturated/α-hetero) is 1. The highest BCUT2D eigenvalue weighted by Crippen LogP contribution is 2.78. The van der Waals surface area contributed by atoms with Crippen molar-refractivity contribution in [3.05, 3.63) is 89.5 Å². The third-order valence-corrected chi connectivity index (χ3v) is 13.7. The normalized spacial score (nSPS) is 36.5. The third-order valence-electron chi connectivity index (χ3n) is 13.7. The predicted molar refractivity (Wildman–Crippen MR) is 187 cm³/mol. The third kappa shape index (κ3) is 5.63. The number of ketones is 1. The average molecular weight is 707 g/mol. The molecule has 2 bridgehead atoms. The molecule has 2 amide bonds. The van der Waals surface area contributed by atoms with Crippen LogP contribution >= 0.6 is 0 Å². The van der Waals surface area contributed by atoms with Crippen LogP contribution in [0.25, 0.3) is 0 Å². The minimum Gasteiger partial charge on any atom is -0.406 e. The number of hydrogen-bond donors (Lipinski definition) is 3. The number of carbonyl (C=O) groups is 2. The summed E-state index contributed by atoms with van der Waals surface area (Å²) >= 11 is 0. The van der Waals surface area contributed by atoms with Crippen LogP contribution in [0, 0.1) is 33.5 Å². The highest BCUT2D eigenvalue weighted by molar-refractivity contribution is 6.10. The van der Waals surface area contributed by atoms with E-state index in [2.05, 4.69) is 42.1 Å². The molecule has 3 fully saturated rings. The first-order valence-electron chi connectivity index (χ1n) is 18.3. The summed E-state index contributed by atoms with van der Waals surface area (Å²) in [6.07, 6.45) is 6.18. The lowest BCUT2D eigenvalue weighted by Crippen LogP contribution is -2.67. The molecule has 0 saturated heterocycles. The Morgan fingerprint density at radius 1 is 0.941 bits per heavy atom. The number of carbonyl (C=O) groups excluding carboxylic acids is 2. The van der Waals surface area contributed by atoms with Crippen LogP contribution < -0.4 is 10.1 Å². The Kier molecular flexibility index (Phi) is 8.57. The number of amides is 2. The van der Waals surface area contributed by atoms with E-state index in [1.165, 1.54) is 24.3 Å². The molecule has 8 unspecified atom stereocenters. The second kappa shape index (κ2) is 12.2. The van der Waals surface area contributed by atoms with Gasteiger partial charge < -0.3 is 25.2 Å². The van der Waals surface area contributed by atoms with Gasteiger partial charge in [-0.25, -0.2) is 4.79 Å². The van der Waals surface area contributed by atoms with E-state index in [4.69, 9.17) is 0 Å². The van der Waals surface area contributed by atoms with Crippen molar-refractivity contribution in [2.24, 2.45) is 33.5 Å². The zero-order valence-corrected chi connectivity index (χ0v) is 29.8. The molecule has 2 aromatic rings. The Hall–Kier alpha value is -3.63. The van der Waals surface area contributed by atoms with Crippen LogP contribution in [0.15, 0.2) is 78.4 Å². The molecule has 6 aliphatic carbocycles. The van der Waals surface area contributed by atoms with Crippen molar-refractivity contribution in [1.29, 1.82) is 0 Å². The van der Waals surface area contributed by atoms with Crippen molar-refractivity contribution < 1.29 is 37.7 Å². The maximum atomic E-state index is 14.7. The molecule has 0 aliphatic heterocycles. The maximum Gasteiger partial charge on any atom is 0.573 e. The van der Waals surface area contributed by atoms with Crippen molar-refractivity contribution in [2.75, 3.05) is 6.54 Å². The second-order valence-electron chi connectivity index (χ2n) is 16.7. The summed E-state index contributed by atoms with van der Waals surface area (Å²) in [5, 5.41) is 26.8. The summed E-state index contributed by atoms with van der Waals surface area (Å²) in [6.45, 7) is 8.25. The number of ether oxygens (including phenoxy) is 1. The van der Waals surface area contributed by atoms with Gasteiger partial charge in [0.2, 0.25) is 0 Å². The van der Waals surface area contributed by atoms with Crippen LogP contribution in [0.4, 0.5) is 18.0 Å². The number of benzene rings is 2. The van der Waals surface area contributed by atoms with Gasteiger partial charge in [-0.15, -0.1) is 13.2 Å². The molecular formula is C41H49F3N2O5. The van der Waals surface area contributed by atoms with E-state index in [0.717, 1.165) is 18.4 Å². The van der Waals surface area contributed by atoms with Crippen molar-refractivity contribution in [3.63, 3.8) is 0 Å².